The smallest absolute Gasteiger partial charge is 0.243 e. The normalized spacial score (nSPS) is 30.3. The number of aromatic nitrogens is 1. The number of hydrogen-bond donors (Lipinski definition) is 3. The number of benzene rings is 1. The highest BCUT2D eigenvalue weighted by Gasteiger charge is 2.51. The van der Waals surface area contributed by atoms with E-state index in [9.17, 15) is 13.2 Å². The average molecular weight is 513 g/mol. The monoisotopic (exact) mass is 512 g/mol. The molecule has 0 radical (unpaired) electrons. The van der Waals surface area contributed by atoms with Gasteiger partial charge in [0.15, 0.2) is 0 Å². The molecule has 1 aromatic heterocycles. The fraction of sp³-hybridized carbons (Fsp3) is 0.593. The summed E-state index contributed by atoms with van der Waals surface area (Å²) in [4.78, 5) is 26.9. The van der Waals surface area contributed by atoms with Crippen LogP contribution in [0.4, 0.5) is 0 Å². The van der Waals surface area contributed by atoms with Gasteiger partial charge < -0.3 is 11.1 Å². The van der Waals surface area contributed by atoms with Crippen LogP contribution in [0.2, 0.25) is 0 Å². The number of hydrogen-bond acceptors (Lipinski definition) is 5. The number of primary amides is 1. The molecule has 1 heterocycles. The molecule has 0 spiro atoms. The summed E-state index contributed by atoms with van der Waals surface area (Å²) in [7, 11) is -3.92. The van der Waals surface area contributed by atoms with Crippen molar-refractivity contribution in [2.45, 2.75) is 80.7 Å². The van der Waals surface area contributed by atoms with Crippen LogP contribution >= 0.6 is 0 Å². The molecule has 0 saturated heterocycles. The molecule has 0 aliphatic heterocycles. The Morgan fingerprint density at radius 2 is 1.58 bits per heavy atom. The predicted molar refractivity (Wildman–Crippen MR) is 137 cm³/mol. The fourth-order valence-electron chi connectivity index (χ4n) is 7.59. The van der Waals surface area contributed by atoms with E-state index in [1.54, 1.807) is 24.4 Å². The van der Waals surface area contributed by atoms with Crippen molar-refractivity contribution in [3.63, 3.8) is 0 Å². The van der Waals surface area contributed by atoms with E-state index in [1.165, 1.54) is 32.1 Å². The molecule has 5 saturated carbocycles. The van der Waals surface area contributed by atoms with Crippen molar-refractivity contribution in [1.82, 2.24) is 15.0 Å². The minimum absolute atomic E-state index is 0.114. The SMILES string of the molecule is NC=O.O=C(NC1C2CC3CC(C2)CC1C3)C1(NS(=O)(=O)c2cccc3cccnc23)CCCCC1. The lowest BCUT2D eigenvalue weighted by Gasteiger charge is -2.55. The Morgan fingerprint density at radius 3 is 2.22 bits per heavy atom. The second kappa shape index (κ2) is 10.1. The minimum Gasteiger partial charge on any atom is -0.372 e. The van der Waals surface area contributed by atoms with Gasteiger partial charge in [-0.25, -0.2) is 8.42 Å². The van der Waals surface area contributed by atoms with Crippen molar-refractivity contribution < 1.29 is 18.0 Å². The molecule has 0 atom stereocenters. The van der Waals surface area contributed by atoms with E-state index in [-0.39, 0.29) is 23.3 Å². The highest BCUT2D eigenvalue weighted by molar-refractivity contribution is 7.89. The zero-order valence-corrected chi connectivity index (χ0v) is 21.4. The number of pyridine rings is 1. The zero-order valence-electron chi connectivity index (χ0n) is 20.6. The van der Waals surface area contributed by atoms with Crippen molar-refractivity contribution in [1.29, 1.82) is 0 Å². The summed E-state index contributed by atoms with van der Waals surface area (Å²) in [6.07, 6.45) is 11.9. The molecule has 7 rings (SSSR count). The topological polar surface area (TPSA) is 131 Å². The van der Waals surface area contributed by atoms with Crippen LogP contribution < -0.4 is 15.8 Å². The largest absolute Gasteiger partial charge is 0.372 e. The molecule has 4 N–H and O–H groups in total. The number of fused-ring (bicyclic) bond motifs is 1. The number of para-hydroxylation sites is 1. The van der Waals surface area contributed by atoms with Crippen molar-refractivity contribution in [3.05, 3.63) is 36.5 Å². The molecule has 5 aliphatic carbocycles. The maximum Gasteiger partial charge on any atom is 0.243 e. The third-order valence-corrected chi connectivity index (χ3v) is 10.4. The lowest BCUT2D eigenvalue weighted by atomic mass is 9.54. The van der Waals surface area contributed by atoms with E-state index in [0.717, 1.165) is 36.5 Å². The van der Waals surface area contributed by atoms with Gasteiger partial charge in [0.05, 0.1) is 5.52 Å². The fourth-order valence-corrected chi connectivity index (χ4v) is 9.19. The van der Waals surface area contributed by atoms with Gasteiger partial charge in [-0.3, -0.25) is 14.6 Å². The third-order valence-electron chi connectivity index (χ3n) is 8.88. The summed E-state index contributed by atoms with van der Waals surface area (Å²) in [5.74, 6) is 2.68. The number of nitrogens with one attached hydrogen (secondary N) is 2. The van der Waals surface area contributed by atoms with Crippen LogP contribution in [0.15, 0.2) is 41.4 Å². The summed E-state index contributed by atoms with van der Waals surface area (Å²) in [6.45, 7) is 0. The molecule has 9 heteroatoms. The van der Waals surface area contributed by atoms with Gasteiger partial charge in [-0.05, 0) is 80.8 Å². The molecule has 5 fully saturated rings. The Balaban J connectivity index is 0.000000848. The van der Waals surface area contributed by atoms with Gasteiger partial charge in [-0.15, -0.1) is 0 Å². The number of nitrogens with zero attached hydrogens (tertiary/aromatic N) is 1. The summed E-state index contributed by atoms with van der Waals surface area (Å²) in [5, 5.41) is 4.18. The lowest BCUT2D eigenvalue weighted by molar-refractivity contribution is -0.132. The Bertz CT molecular complexity index is 1190. The first-order chi connectivity index (χ1) is 17.3. The maximum absolute atomic E-state index is 13.8. The zero-order chi connectivity index (χ0) is 25.3. The molecule has 2 aromatic rings. The van der Waals surface area contributed by atoms with Crippen LogP contribution in [-0.4, -0.2) is 37.3 Å². The number of carbonyl (C=O) groups excluding carboxylic acids is 2. The summed E-state index contributed by atoms with van der Waals surface area (Å²) in [5.41, 5.74) is 3.53. The number of nitrogens with two attached hydrogens (primary N) is 1. The number of rotatable bonds is 5. The first kappa shape index (κ1) is 25.1. The first-order valence-corrected chi connectivity index (χ1v) is 14.7. The molecule has 8 nitrogen and oxygen atoms in total. The van der Waals surface area contributed by atoms with Crippen molar-refractivity contribution in [2.24, 2.45) is 29.4 Å². The van der Waals surface area contributed by atoms with Gasteiger partial charge in [0.25, 0.3) is 0 Å². The van der Waals surface area contributed by atoms with Crippen molar-refractivity contribution in [3.8, 4) is 0 Å². The van der Waals surface area contributed by atoms with Gasteiger partial charge >= 0.3 is 0 Å². The Hall–Kier alpha value is -2.52. The molecule has 5 aliphatic rings. The van der Waals surface area contributed by atoms with Crippen LogP contribution in [0.1, 0.15) is 64.2 Å². The van der Waals surface area contributed by atoms with Gasteiger partial charge in [0.2, 0.25) is 22.3 Å². The van der Waals surface area contributed by atoms with Crippen LogP contribution in [0.5, 0.6) is 0 Å². The van der Waals surface area contributed by atoms with Gasteiger partial charge in [-0.2, -0.15) is 4.72 Å². The van der Waals surface area contributed by atoms with E-state index >= 15 is 0 Å². The highest BCUT2D eigenvalue weighted by atomic mass is 32.2. The molecule has 1 aromatic carbocycles. The summed E-state index contributed by atoms with van der Waals surface area (Å²) >= 11 is 0. The van der Waals surface area contributed by atoms with Crippen LogP contribution in [0, 0.1) is 23.7 Å². The van der Waals surface area contributed by atoms with Crippen LogP contribution in [0.25, 0.3) is 10.9 Å². The molecule has 2 amide bonds. The first-order valence-electron chi connectivity index (χ1n) is 13.2. The maximum atomic E-state index is 13.8. The van der Waals surface area contributed by atoms with E-state index in [2.05, 4.69) is 20.8 Å². The van der Waals surface area contributed by atoms with Crippen LogP contribution in [0.3, 0.4) is 0 Å². The number of sulfonamides is 1. The van der Waals surface area contributed by atoms with E-state index in [0.29, 0.717) is 30.2 Å². The lowest BCUT2D eigenvalue weighted by Crippen LogP contribution is -2.64. The van der Waals surface area contributed by atoms with Crippen molar-refractivity contribution >= 4 is 33.2 Å². The Kier molecular flexibility index (Phi) is 7.05. The molecule has 4 bridgehead atoms. The highest BCUT2D eigenvalue weighted by Crippen LogP contribution is 2.53. The standard InChI is InChI=1S/C26H33N3O3S.CH3NO/c30-25(28-23-20-13-17-12-18(15-20)16-21(23)14-17)26(9-2-1-3-10-26)29-33(31,32)22-8-4-6-19-7-5-11-27-24(19)22;2-1-3/h4-8,11,17-18,20-21,23,29H,1-3,9-10,12-16H2,(H,28,30);1H,(H2,2,3). The molecule has 0 unspecified atom stereocenters. The predicted octanol–water partition coefficient (Wildman–Crippen LogP) is 3.26. The number of carbonyl (C=O) groups is 2. The van der Waals surface area contributed by atoms with Gasteiger partial charge in [0, 0.05) is 17.6 Å². The molecular weight excluding hydrogens is 476 g/mol. The number of amides is 2. The van der Waals surface area contributed by atoms with E-state index in [4.69, 9.17) is 4.79 Å². The Morgan fingerprint density at radius 1 is 0.972 bits per heavy atom. The molecule has 194 valence electrons. The average Bonchev–Trinajstić information content (AvgIpc) is 2.86. The quantitative estimate of drug-likeness (QED) is 0.529. The van der Waals surface area contributed by atoms with Crippen molar-refractivity contribution in [2.75, 3.05) is 0 Å². The van der Waals surface area contributed by atoms with Crippen LogP contribution in [-0.2, 0) is 19.6 Å². The minimum atomic E-state index is -3.92. The second-order valence-corrected chi connectivity index (χ2v) is 12.8. The molecular formula is C27H36N4O4S. The van der Waals surface area contributed by atoms with E-state index < -0.39 is 15.6 Å². The third kappa shape index (κ3) is 4.75. The Labute approximate surface area is 212 Å². The van der Waals surface area contributed by atoms with Gasteiger partial charge in [-0.1, -0.05) is 37.5 Å². The van der Waals surface area contributed by atoms with E-state index in [1.807, 2.05) is 12.1 Å². The summed E-state index contributed by atoms with van der Waals surface area (Å²) in [6, 6.07) is 9.04. The van der Waals surface area contributed by atoms with Gasteiger partial charge in [0.1, 0.15) is 10.4 Å². The summed E-state index contributed by atoms with van der Waals surface area (Å²) < 4.78 is 30.2. The second-order valence-electron chi connectivity index (χ2n) is 11.1. The molecule has 36 heavy (non-hydrogen) atoms.